The predicted octanol–water partition coefficient (Wildman–Crippen LogP) is 10.1. The van der Waals surface area contributed by atoms with Crippen molar-refractivity contribution in [2.75, 3.05) is 26.1 Å². The van der Waals surface area contributed by atoms with Crippen molar-refractivity contribution in [2.45, 2.75) is 70.2 Å². The molecule has 8 rings (SSSR count). The van der Waals surface area contributed by atoms with Gasteiger partial charge in [0.25, 0.3) is 11.6 Å². The fourth-order valence-electron chi connectivity index (χ4n) is 8.27. The molecule has 3 heterocycles. The number of ether oxygens (including phenoxy) is 4. The molecule has 4 atom stereocenters. The van der Waals surface area contributed by atoms with Gasteiger partial charge in [-0.2, -0.15) is 0 Å². The number of benzene rings is 5. The number of rotatable bonds is 19. The van der Waals surface area contributed by atoms with Crippen LogP contribution in [-0.4, -0.2) is 80.1 Å². The van der Waals surface area contributed by atoms with Crippen LogP contribution in [0.1, 0.15) is 67.4 Å². The zero-order valence-corrected chi connectivity index (χ0v) is 38.9. The van der Waals surface area contributed by atoms with E-state index >= 15 is 0 Å². The third-order valence-electron chi connectivity index (χ3n) is 11.5. The number of carbonyl (C=O) groups is 1. The minimum absolute atomic E-state index is 0.0216. The Bertz CT molecular complexity index is 2690. The number of carbonyl (C=O) groups excluding carboxylic acids is 1. The SMILES string of the molecule is COc1ccc(C(OC[C@H]2O[C@@H](n3cnc4c(NC(=O)c5ccccc5)ncnc43)C[C@@H]2OP(Oc2ccc([N+](=O)[O-])cc2)N(C(C)C)C(C)C)(c2ccccc2)c2ccc(OC)cc2)cc1. The molecular weight excluding hydrogens is 874 g/mol. The second-order valence-electron chi connectivity index (χ2n) is 16.3. The molecule has 0 saturated carbocycles. The van der Waals surface area contributed by atoms with E-state index in [2.05, 4.69) is 52.6 Å². The Balaban J connectivity index is 1.20. The summed E-state index contributed by atoms with van der Waals surface area (Å²) < 4.78 is 43.4. The Morgan fingerprint density at radius 1 is 0.806 bits per heavy atom. The summed E-state index contributed by atoms with van der Waals surface area (Å²) in [6.07, 6.45) is 1.27. The van der Waals surface area contributed by atoms with Crippen molar-refractivity contribution >= 4 is 37.1 Å². The highest BCUT2D eigenvalue weighted by Crippen LogP contribution is 2.51. The lowest BCUT2D eigenvalue weighted by Gasteiger charge is -2.38. The van der Waals surface area contributed by atoms with Crippen LogP contribution < -0.4 is 19.3 Å². The molecule has 16 nitrogen and oxygen atoms in total. The average molecular weight is 926 g/mol. The molecule has 0 spiro atoms. The molecule has 1 aliphatic heterocycles. The molecule has 17 heteroatoms. The summed E-state index contributed by atoms with van der Waals surface area (Å²) in [5.41, 5.74) is 2.61. The lowest BCUT2D eigenvalue weighted by Crippen LogP contribution is -2.40. The summed E-state index contributed by atoms with van der Waals surface area (Å²) in [5.74, 6) is 1.71. The number of nitro benzene ring substituents is 1. The van der Waals surface area contributed by atoms with Crippen LogP contribution in [0.3, 0.4) is 0 Å². The number of imidazole rings is 1. The van der Waals surface area contributed by atoms with Crippen LogP contribution in [0.5, 0.6) is 17.2 Å². The van der Waals surface area contributed by atoms with Crippen LogP contribution in [0.2, 0.25) is 0 Å². The van der Waals surface area contributed by atoms with Gasteiger partial charge < -0.3 is 33.3 Å². The van der Waals surface area contributed by atoms with E-state index in [4.69, 9.17) is 28.0 Å². The summed E-state index contributed by atoms with van der Waals surface area (Å²) in [7, 11) is 1.39. The van der Waals surface area contributed by atoms with Crippen molar-refractivity contribution in [1.29, 1.82) is 0 Å². The standard InChI is InChI=1S/C50H52N7O9P/c1-33(2)56(34(3)4)67(65-42-27-21-39(22-28-42)57(59)60)66-43-29-45(55-32-53-46-47(51-31-52-48(46)55)54-49(58)35-13-9-7-10-14-35)64-44(43)30-63-50(36-15-11-8-12-16-36,37-17-23-40(61-5)24-18-37)38-19-25-41(62-6)26-20-38/h7-28,31-34,43-45H,29-30H2,1-6H3,(H,51,52,54,58)/t43-,44+,45+,67?/m0/s1. The van der Waals surface area contributed by atoms with Gasteiger partial charge in [0.05, 0.1) is 38.2 Å². The van der Waals surface area contributed by atoms with Gasteiger partial charge in [0, 0.05) is 36.2 Å². The highest BCUT2D eigenvalue weighted by molar-refractivity contribution is 7.45. The third kappa shape index (κ3) is 10.1. The number of aromatic nitrogens is 4. The summed E-state index contributed by atoms with van der Waals surface area (Å²) in [4.78, 5) is 38.0. The normalized spacial score (nSPS) is 16.6. The number of hydrogen-bond donors (Lipinski definition) is 1. The molecule has 1 fully saturated rings. The van der Waals surface area contributed by atoms with Crippen molar-refractivity contribution < 1.29 is 37.7 Å². The summed E-state index contributed by atoms with van der Waals surface area (Å²) in [6, 6.07) is 40.4. The zero-order chi connectivity index (χ0) is 47.1. The molecule has 0 aliphatic carbocycles. The number of methoxy groups -OCH3 is 2. The van der Waals surface area contributed by atoms with Crippen molar-refractivity contribution in [2.24, 2.45) is 0 Å². The first-order valence-corrected chi connectivity index (χ1v) is 23.0. The Labute approximate surface area is 389 Å². The van der Waals surface area contributed by atoms with Gasteiger partial charge in [-0.1, -0.05) is 72.8 Å². The number of hydrogen-bond acceptors (Lipinski definition) is 13. The van der Waals surface area contributed by atoms with Gasteiger partial charge in [0.1, 0.15) is 41.5 Å². The van der Waals surface area contributed by atoms with Gasteiger partial charge >= 0.3 is 8.53 Å². The first kappa shape index (κ1) is 46.7. The van der Waals surface area contributed by atoms with Crippen LogP contribution in [-0.2, 0) is 19.6 Å². The van der Waals surface area contributed by atoms with E-state index in [1.165, 1.54) is 18.5 Å². The van der Waals surface area contributed by atoms with Crippen molar-refractivity contribution in [3.63, 3.8) is 0 Å². The second-order valence-corrected chi connectivity index (χ2v) is 17.7. The fraction of sp³-hybridized carbons (Fsp3) is 0.280. The largest absolute Gasteiger partial charge is 0.497 e. The molecule has 1 saturated heterocycles. The lowest BCUT2D eigenvalue weighted by molar-refractivity contribution is -0.384. The zero-order valence-electron chi connectivity index (χ0n) is 38.0. The van der Waals surface area contributed by atoms with Crippen LogP contribution in [0.15, 0.2) is 146 Å². The quantitative estimate of drug-likeness (QED) is 0.0352. The van der Waals surface area contributed by atoms with E-state index < -0.39 is 37.5 Å². The first-order valence-electron chi connectivity index (χ1n) is 21.8. The molecule has 5 aromatic carbocycles. The smallest absolute Gasteiger partial charge is 0.321 e. The molecule has 7 aromatic rings. The van der Waals surface area contributed by atoms with Crippen LogP contribution in [0, 0.1) is 10.1 Å². The maximum atomic E-state index is 13.2. The number of non-ortho nitro benzene ring substituents is 1. The molecule has 0 bridgehead atoms. The van der Waals surface area contributed by atoms with Gasteiger partial charge in [0.15, 0.2) is 17.0 Å². The van der Waals surface area contributed by atoms with E-state index in [0.717, 1.165) is 16.7 Å². The number of amides is 1. The first-order chi connectivity index (χ1) is 32.5. The maximum Gasteiger partial charge on any atom is 0.321 e. The van der Waals surface area contributed by atoms with Gasteiger partial charge in [-0.25, -0.2) is 19.6 Å². The molecule has 1 N–H and O–H groups in total. The Morgan fingerprint density at radius 3 is 1.94 bits per heavy atom. The summed E-state index contributed by atoms with van der Waals surface area (Å²) in [6.45, 7) is 8.29. The third-order valence-corrected chi connectivity index (χ3v) is 13.6. The minimum Gasteiger partial charge on any atom is -0.497 e. The Hall–Kier alpha value is -6.81. The average Bonchev–Trinajstić information content (AvgIpc) is 3.97. The van der Waals surface area contributed by atoms with Gasteiger partial charge in [-0.05, 0) is 92.9 Å². The molecule has 2 aromatic heterocycles. The van der Waals surface area contributed by atoms with E-state index in [-0.39, 0.29) is 36.1 Å². The van der Waals surface area contributed by atoms with E-state index in [1.807, 2.05) is 89.5 Å². The highest BCUT2D eigenvalue weighted by Gasteiger charge is 2.45. The molecular formula is C50H52N7O9P. The topological polar surface area (TPSA) is 174 Å². The number of fused-ring (bicyclic) bond motifs is 1. The van der Waals surface area contributed by atoms with Crippen molar-refractivity contribution in [1.82, 2.24) is 24.2 Å². The summed E-state index contributed by atoms with van der Waals surface area (Å²) in [5, 5.41) is 14.4. The second kappa shape index (κ2) is 20.8. The number of anilines is 1. The predicted molar refractivity (Wildman–Crippen MR) is 254 cm³/mol. The van der Waals surface area contributed by atoms with E-state index in [0.29, 0.717) is 40.4 Å². The van der Waals surface area contributed by atoms with Gasteiger partial charge in [0.2, 0.25) is 0 Å². The molecule has 1 aliphatic rings. The van der Waals surface area contributed by atoms with Gasteiger partial charge in [-0.15, -0.1) is 0 Å². The maximum absolute atomic E-state index is 13.2. The van der Waals surface area contributed by atoms with E-state index in [1.54, 1.807) is 56.9 Å². The van der Waals surface area contributed by atoms with E-state index in [9.17, 15) is 14.9 Å². The number of nitro groups is 1. The fourth-order valence-corrected chi connectivity index (χ4v) is 10.0. The molecule has 346 valence electrons. The Kier molecular flexibility index (Phi) is 14.5. The number of nitrogens with zero attached hydrogens (tertiary/aromatic N) is 6. The van der Waals surface area contributed by atoms with Gasteiger partial charge in [-0.3, -0.25) is 19.5 Å². The molecule has 1 unspecified atom stereocenters. The molecule has 0 radical (unpaired) electrons. The monoisotopic (exact) mass is 925 g/mol. The molecule has 67 heavy (non-hydrogen) atoms. The van der Waals surface area contributed by atoms with Crippen molar-refractivity contribution in [3.8, 4) is 17.2 Å². The minimum atomic E-state index is -1.87. The lowest BCUT2D eigenvalue weighted by atomic mass is 9.80. The number of nitrogens with one attached hydrogen (secondary N) is 1. The Morgan fingerprint density at radius 2 is 1.37 bits per heavy atom. The van der Waals surface area contributed by atoms with Crippen molar-refractivity contribution in [3.05, 3.63) is 178 Å². The van der Waals surface area contributed by atoms with Crippen LogP contribution in [0.4, 0.5) is 11.5 Å². The highest BCUT2D eigenvalue weighted by atomic mass is 31.2. The van der Waals surface area contributed by atoms with Crippen LogP contribution >= 0.6 is 8.53 Å². The molecule has 1 amide bonds. The van der Waals surface area contributed by atoms with Crippen LogP contribution in [0.25, 0.3) is 11.2 Å². The summed E-state index contributed by atoms with van der Waals surface area (Å²) >= 11 is 0.